The van der Waals surface area contributed by atoms with Crippen LogP contribution in [0.5, 0.6) is 5.75 Å². The first-order chi connectivity index (χ1) is 5.74. The molecule has 0 radical (unpaired) electrons. The molecule has 0 aliphatic rings. The fourth-order valence-electron chi connectivity index (χ4n) is 0.891. The van der Waals surface area contributed by atoms with Crippen molar-refractivity contribution in [1.29, 1.82) is 0 Å². The van der Waals surface area contributed by atoms with Crippen LogP contribution in [0, 0.1) is 0 Å². The lowest BCUT2D eigenvalue weighted by Crippen LogP contribution is -1.85. The fraction of sp³-hybridized carbons (Fsp3) is 0.333. The van der Waals surface area contributed by atoms with Gasteiger partial charge in [-0.15, -0.1) is 11.8 Å². The topological polar surface area (TPSA) is 9.23 Å². The third-order valence-corrected chi connectivity index (χ3v) is 2.69. The van der Waals surface area contributed by atoms with Crippen LogP contribution in [-0.2, 0) is 0 Å². The predicted octanol–water partition coefficient (Wildman–Crippen LogP) is 3.44. The summed E-state index contributed by atoms with van der Waals surface area (Å²) in [5, 5.41) is 0. The van der Waals surface area contributed by atoms with Gasteiger partial charge in [-0.3, -0.25) is 0 Å². The van der Waals surface area contributed by atoms with Crippen molar-refractivity contribution >= 4 is 19.9 Å². The minimum absolute atomic E-state index is 0.312. The largest absolute Gasteiger partial charge is 0.473 e. The van der Waals surface area contributed by atoms with Gasteiger partial charge in [0.05, 0.1) is 8.15 Å². The lowest BCUT2D eigenvalue weighted by molar-refractivity contribution is 0.607. The lowest BCUT2D eigenvalue weighted by atomic mass is 10.3. The van der Waals surface area contributed by atoms with Gasteiger partial charge in [0.1, 0.15) is 5.75 Å². The van der Waals surface area contributed by atoms with Crippen LogP contribution < -0.4 is 4.52 Å². The van der Waals surface area contributed by atoms with Gasteiger partial charge in [-0.2, -0.15) is 0 Å². The Morgan fingerprint density at radius 1 is 1.25 bits per heavy atom. The summed E-state index contributed by atoms with van der Waals surface area (Å²) in [5.74, 6) is 1.01. The summed E-state index contributed by atoms with van der Waals surface area (Å²) >= 11 is 1.72. The van der Waals surface area contributed by atoms with Crippen LogP contribution in [0.1, 0.15) is 0 Å². The van der Waals surface area contributed by atoms with Crippen LogP contribution >= 0.6 is 19.9 Å². The van der Waals surface area contributed by atoms with Crippen molar-refractivity contribution in [3.63, 3.8) is 0 Å². The molecule has 3 heteroatoms. The first-order valence-electron chi connectivity index (χ1n) is 3.72. The first kappa shape index (κ1) is 9.88. The van der Waals surface area contributed by atoms with E-state index in [0.717, 1.165) is 5.75 Å². The highest BCUT2D eigenvalue weighted by Crippen LogP contribution is 2.35. The van der Waals surface area contributed by atoms with E-state index >= 15 is 0 Å². The molecule has 0 fully saturated rings. The summed E-state index contributed by atoms with van der Waals surface area (Å²) < 4.78 is 5.68. The summed E-state index contributed by atoms with van der Waals surface area (Å²) in [5.41, 5.74) is 0. The van der Waals surface area contributed by atoms with Gasteiger partial charge in [0.15, 0.2) is 0 Å². The van der Waals surface area contributed by atoms with Gasteiger partial charge in [0, 0.05) is 4.90 Å². The number of benzene rings is 1. The quantitative estimate of drug-likeness (QED) is 0.546. The molecule has 1 aromatic rings. The molecule has 0 aromatic heterocycles. The molecule has 0 aliphatic heterocycles. The smallest absolute Gasteiger partial charge is 0.136 e. The van der Waals surface area contributed by atoms with E-state index in [4.69, 9.17) is 4.52 Å². The Bertz CT molecular complexity index is 250. The van der Waals surface area contributed by atoms with Gasteiger partial charge >= 0.3 is 0 Å². The van der Waals surface area contributed by atoms with E-state index in [2.05, 4.69) is 25.7 Å². The van der Waals surface area contributed by atoms with Crippen molar-refractivity contribution in [2.24, 2.45) is 0 Å². The van der Waals surface area contributed by atoms with Crippen LogP contribution in [0.3, 0.4) is 0 Å². The van der Waals surface area contributed by atoms with Crippen molar-refractivity contribution in [2.75, 3.05) is 19.6 Å². The maximum absolute atomic E-state index is 5.68. The molecule has 0 atom stereocenters. The van der Waals surface area contributed by atoms with Crippen LogP contribution in [0.2, 0.25) is 0 Å². The predicted molar refractivity (Wildman–Crippen MR) is 57.6 cm³/mol. The molecular weight excluding hydrogens is 187 g/mol. The molecule has 0 N–H and O–H groups in total. The van der Waals surface area contributed by atoms with Gasteiger partial charge in [-0.05, 0) is 31.7 Å². The van der Waals surface area contributed by atoms with E-state index < -0.39 is 0 Å². The van der Waals surface area contributed by atoms with Gasteiger partial charge in [-0.1, -0.05) is 12.1 Å². The van der Waals surface area contributed by atoms with Gasteiger partial charge in [-0.25, -0.2) is 0 Å². The fourth-order valence-corrected chi connectivity index (χ4v) is 2.03. The number of para-hydroxylation sites is 1. The Labute approximate surface area is 79.3 Å². The zero-order chi connectivity index (χ0) is 8.97. The van der Waals surface area contributed by atoms with Crippen LogP contribution in [-0.4, -0.2) is 19.6 Å². The molecule has 12 heavy (non-hydrogen) atoms. The SMILES string of the molecule is CSc1ccccc1OP(C)C. The molecule has 66 valence electrons. The zero-order valence-corrected chi connectivity index (χ0v) is 9.28. The van der Waals surface area contributed by atoms with Crippen molar-refractivity contribution < 1.29 is 4.52 Å². The Morgan fingerprint density at radius 2 is 1.92 bits per heavy atom. The molecule has 0 saturated carbocycles. The van der Waals surface area contributed by atoms with Gasteiger partial charge in [0.2, 0.25) is 0 Å². The van der Waals surface area contributed by atoms with E-state index in [1.807, 2.05) is 18.2 Å². The van der Waals surface area contributed by atoms with Crippen molar-refractivity contribution in [3.8, 4) is 5.75 Å². The average Bonchev–Trinajstić information content (AvgIpc) is 2.04. The molecule has 1 nitrogen and oxygen atoms in total. The Balaban J connectivity index is 2.82. The van der Waals surface area contributed by atoms with Crippen LogP contribution in [0.4, 0.5) is 0 Å². The van der Waals surface area contributed by atoms with E-state index in [1.54, 1.807) is 11.8 Å². The summed E-state index contributed by atoms with van der Waals surface area (Å²) in [7, 11) is -0.312. The van der Waals surface area contributed by atoms with Crippen LogP contribution in [0.25, 0.3) is 0 Å². The normalized spacial score (nSPS) is 10.3. The van der Waals surface area contributed by atoms with E-state index in [0.29, 0.717) is 0 Å². The zero-order valence-electron chi connectivity index (χ0n) is 7.57. The summed E-state index contributed by atoms with van der Waals surface area (Å²) in [4.78, 5) is 1.22. The maximum Gasteiger partial charge on any atom is 0.136 e. The maximum atomic E-state index is 5.68. The Kier molecular flexibility index (Phi) is 3.90. The molecule has 0 heterocycles. The Hall–Kier alpha value is -0.200. The van der Waals surface area contributed by atoms with E-state index in [9.17, 15) is 0 Å². The highest BCUT2D eigenvalue weighted by molar-refractivity contribution is 7.98. The molecule has 0 bridgehead atoms. The van der Waals surface area contributed by atoms with Crippen molar-refractivity contribution in [2.45, 2.75) is 4.90 Å². The monoisotopic (exact) mass is 200 g/mol. The minimum Gasteiger partial charge on any atom is -0.473 e. The number of rotatable bonds is 3. The molecule has 0 amide bonds. The Morgan fingerprint density at radius 3 is 2.50 bits per heavy atom. The number of hydrogen-bond donors (Lipinski definition) is 0. The van der Waals surface area contributed by atoms with Crippen molar-refractivity contribution in [3.05, 3.63) is 24.3 Å². The first-order valence-corrected chi connectivity index (χ1v) is 7.10. The number of hydrogen-bond acceptors (Lipinski definition) is 2. The van der Waals surface area contributed by atoms with Gasteiger partial charge in [0.25, 0.3) is 0 Å². The molecular formula is C9H13OPS. The van der Waals surface area contributed by atoms with Crippen LogP contribution in [0.15, 0.2) is 29.2 Å². The molecule has 0 aliphatic carbocycles. The number of thioether (sulfide) groups is 1. The van der Waals surface area contributed by atoms with E-state index in [-0.39, 0.29) is 8.15 Å². The summed E-state index contributed by atoms with van der Waals surface area (Å²) in [6.45, 7) is 4.21. The second-order valence-electron chi connectivity index (χ2n) is 2.55. The average molecular weight is 200 g/mol. The molecule has 0 saturated heterocycles. The van der Waals surface area contributed by atoms with E-state index in [1.165, 1.54) is 4.90 Å². The lowest BCUT2D eigenvalue weighted by Gasteiger charge is -2.11. The molecule has 1 aromatic carbocycles. The standard InChI is InChI=1S/C9H13OPS/c1-11(2)10-8-6-4-5-7-9(8)12-3/h4-7H,1-3H3. The third-order valence-electron chi connectivity index (χ3n) is 1.35. The second kappa shape index (κ2) is 4.74. The molecule has 0 spiro atoms. The molecule has 1 rings (SSSR count). The third kappa shape index (κ3) is 2.69. The second-order valence-corrected chi connectivity index (χ2v) is 5.21. The van der Waals surface area contributed by atoms with Gasteiger partial charge < -0.3 is 4.52 Å². The minimum atomic E-state index is -0.312. The molecule has 0 unspecified atom stereocenters. The summed E-state index contributed by atoms with van der Waals surface area (Å²) in [6, 6.07) is 8.15. The highest BCUT2D eigenvalue weighted by atomic mass is 32.2. The highest BCUT2D eigenvalue weighted by Gasteiger charge is 2.02. The summed E-state index contributed by atoms with van der Waals surface area (Å²) in [6.07, 6.45) is 2.07. The van der Waals surface area contributed by atoms with Crippen molar-refractivity contribution in [1.82, 2.24) is 0 Å².